The molecular weight excluding hydrogens is 222 g/mol. The lowest BCUT2D eigenvalue weighted by Crippen LogP contribution is -2.36. The monoisotopic (exact) mass is 243 g/mol. The molecule has 0 atom stereocenters. The highest BCUT2D eigenvalue weighted by molar-refractivity contribution is 5.37. The Kier molecular flexibility index (Phi) is 4.81. The molecule has 18 heavy (non-hydrogen) atoms. The van der Waals surface area contributed by atoms with Crippen LogP contribution in [0.3, 0.4) is 0 Å². The first kappa shape index (κ1) is 13.1. The largest absolute Gasteiger partial charge is 0.379 e. The van der Waals surface area contributed by atoms with Crippen LogP contribution in [0.1, 0.15) is 30.9 Å². The zero-order valence-corrected chi connectivity index (χ0v) is 11.3. The average molecular weight is 243 g/mol. The molecule has 0 N–H and O–H groups in total. The van der Waals surface area contributed by atoms with Crippen molar-refractivity contribution in [3.8, 4) is 11.8 Å². The van der Waals surface area contributed by atoms with Crippen LogP contribution < -0.4 is 0 Å². The smallest absolute Gasteiger partial charge is 0.0606 e. The van der Waals surface area contributed by atoms with Crippen LogP contribution >= 0.6 is 0 Å². The van der Waals surface area contributed by atoms with Crippen LogP contribution in [-0.4, -0.2) is 37.7 Å². The van der Waals surface area contributed by atoms with Crippen molar-refractivity contribution in [3.63, 3.8) is 0 Å². The second-order valence-corrected chi connectivity index (χ2v) is 4.97. The Morgan fingerprint density at radius 2 is 1.83 bits per heavy atom. The lowest BCUT2D eigenvalue weighted by molar-refractivity contribution is 0.0443. The number of nitrogens with zero attached hydrogens (tertiary/aromatic N) is 1. The van der Waals surface area contributed by atoms with Gasteiger partial charge in [-0.15, -0.1) is 0 Å². The van der Waals surface area contributed by atoms with Gasteiger partial charge in [-0.3, -0.25) is 4.90 Å². The van der Waals surface area contributed by atoms with E-state index < -0.39 is 0 Å². The van der Waals surface area contributed by atoms with Crippen LogP contribution in [0.2, 0.25) is 0 Å². The average Bonchev–Trinajstić information content (AvgIpc) is 2.40. The van der Waals surface area contributed by atoms with E-state index in [0.717, 1.165) is 38.4 Å². The predicted molar refractivity (Wildman–Crippen MR) is 74.7 cm³/mol. The summed E-state index contributed by atoms with van der Waals surface area (Å²) in [6, 6.07) is 8.57. The number of hydrogen-bond acceptors (Lipinski definition) is 2. The molecular formula is C16H21NO. The molecule has 0 aliphatic carbocycles. The van der Waals surface area contributed by atoms with Crippen molar-refractivity contribution in [1.82, 2.24) is 4.90 Å². The van der Waals surface area contributed by atoms with Crippen molar-refractivity contribution in [2.45, 2.75) is 19.8 Å². The summed E-state index contributed by atoms with van der Waals surface area (Å²) < 4.78 is 5.31. The Bertz CT molecular complexity index is 419. The topological polar surface area (TPSA) is 12.5 Å². The number of rotatable bonds is 2. The minimum Gasteiger partial charge on any atom is -0.379 e. The van der Waals surface area contributed by atoms with E-state index in [1.54, 1.807) is 0 Å². The van der Waals surface area contributed by atoms with Gasteiger partial charge in [0.1, 0.15) is 0 Å². The summed E-state index contributed by atoms with van der Waals surface area (Å²) in [6.45, 7) is 8.94. The molecule has 1 aliphatic rings. The van der Waals surface area contributed by atoms with Crippen molar-refractivity contribution < 1.29 is 4.74 Å². The van der Waals surface area contributed by atoms with Gasteiger partial charge in [0.15, 0.2) is 0 Å². The maximum atomic E-state index is 5.31. The molecule has 1 aromatic carbocycles. The normalized spacial score (nSPS) is 16.4. The molecule has 0 amide bonds. The molecule has 0 spiro atoms. The zero-order valence-electron chi connectivity index (χ0n) is 11.3. The molecule has 96 valence electrons. The highest BCUT2D eigenvalue weighted by Gasteiger charge is 2.07. The lowest BCUT2D eigenvalue weighted by atomic mass is 10.0. The Morgan fingerprint density at radius 3 is 2.44 bits per heavy atom. The molecule has 2 rings (SSSR count). The van der Waals surface area contributed by atoms with Crippen LogP contribution in [-0.2, 0) is 4.74 Å². The van der Waals surface area contributed by atoms with Crippen molar-refractivity contribution in [3.05, 3.63) is 35.4 Å². The highest BCUT2D eigenvalue weighted by Crippen LogP contribution is 2.14. The Labute approximate surface area is 110 Å². The summed E-state index contributed by atoms with van der Waals surface area (Å²) in [5.41, 5.74) is 2.47. The molecule has 0 saturated carbocycles. The molecule has 1 fully saturated rings. The Balaban J connectivity index is 1.88. The molecule has 0 radical (unpaired) electrons. The van der Waals surface area contributed by atoms with Crippen molar-refractivity contribution in [2.75, 3.05) is 32.8 Å². The molecule has 2 nitrogen and oxygen atoms in total. The van der Waals surface area contributed by atoms with Gasteiger partial charge >= 0.3 is 0 Å². The standard InChI is InChI=1S/C16H21NO/c1-14(2)16-7-5-15(6-8-16)4-3-9-17-10-12-18-13-11-17/h5-8,14H,9-13H2,1-2H3. The van der Waals surface area contributed by atoms with Gasteiger partial charge in [0.05, 0.1) is 19.8 Å². The molecule has 1 heterocycles. The van der Waals surface area contributed by atoms with Crippen LogP contribution in [0, 0.1) is 11.8 Å². The quantitative estimate of drug-likeness (QED) is 0.740. The van der Waals surface area contributed by atoms with Gasteiger partial charge in [0, 0.05) is 18.7 Å². The zero-order chi connectivity index (χ0) is 12.8. The van der Waals surface area contributed by atoms with E-state index in [2.05, 4.69) is 54.9 Å². The van der Waals surface area contributed by atoms with Gasteiger partial charge in [-0.1, -0.05) is 37.8 Å². The first-order valence-corrected chi connectivity index (χ1v) is 6.64. The minimum atomic E-state index is 0.584. The maximum Gasteiger partial charge on any atom is 0.0606 e. The van der Waals surface area contributed by atoms with E-state index in [1.807, 2.05) is 0 Å². The van der Waals surface area contributed by atoms with Gasteiger partial charge in [-0.2, -0.15) is 0 Å². The maximum absolute atomic E-state index is 5.31. The van der Waals surface area contributed by atoms with Gasteiger partial charge < -0.3 is 4.74 Å². The summed E-state index contributed by atoms with van der Waals surface area (Å²) in [5, 5.41) is 0. The summed E-state index contributed by atoms with van der Waals surface area (Å²) >= 11 is 0. The summed E-state index contributed by atoms with van der Waals surface area (Å²) in [5.74, 6) is 7.05. The van der Waals surface area contributed by atoms with E-state index in [0.29, 0.717) is 5.92 Å². The van der Waals surface area contributed by atoms with Crippen molar-refractivity contribution in [1.29, 1.82) is 0 Å². The third-order valence-electron chi connectivity index (χ3n) is 3.22. The van der Waals surface area contributed by atoms with Gasteiger partial charge in [-0.25, -0.2) is 0 Å². The second-order valence-electron chi connectivity index (χ2n) is 4.97. The highest BCUT2D eigenvalue weighted by atomic mass is 16.5. The molecule has 0 aromatic heterocycles. The summed E-state index contributed by atoms with van der Waals surface area (Å²) in [6.07, 6.45) is 0. The number of hydrogen-bond donors (Lipinski definition) is 0. The third kappa shape index (κ3) is 3.87. The predicted octanol–water partition coefficient (Wildman–Crippen LogP) is 2.49. The molecule has 0 unspecified atom stereocenters. The van der Waals surface area contributed by atoms with Crippen LogP contribution in [0.15, 0.2) is 24.3 Å². The van der Waals surface area contributed by atoms with Gasteiger partial charge in [-0.05, 0) is 23.6 Å². The van der Waals surface area contributed by atoms with E-state index in [1.165, 1.54) is 5.56 Å². The summed E-state index contributed by atoms with van der Waals surface area (Å²) in [4.78, 5) is 2.33. The Hall–Kier alpha value is -1.30. The molecule has 1 aromatic rings. The molecule has 1 saturated heterocycles. The second kappa shape index (κ2) is 6.58. The number of morpholine rings is 1. The van der Waals surface area contributed by atoms with E-state index in [-0.39, 0.29) is 0 Å². The fourth-order valence-electron chi connectivity index (χ4n) is 1.96. The van der Waals surface area contributed by atoms with Crippen molar-refractivity contribution in [2.24, 2.45) is 0 Å². The van der Waals surface area contributed by atoms with Crippen LogP contribution in [0.4, 0.5) is 0 Å². The number of benzene rings is 1. The Morgan fingerprint density at radius 1 is 1.17 bits per heavy atom. The van der Waals surface area contributed by atoms with Crippen molar-refractivity contribution >= 4 is 0 Å². The fourth-order valence-corrected chi connectivity index (χ4v) is 1.96. The third-order valence-corrected chi connectivity index (χ3v) is 3.22. The summed E-state index contributed by atoms with van der Waals surface area (Å²) in [7, 11) is 0. The molecule has 0 bridgehead atoms. The van der Waals surface area contributed by atoms with E-state index in [4.69, 9.17) is 4.74 Å². The molecule has 1 aliphatic heterocycles. The van der Waals surface area contributed by atoms with E-state index in [9.17, 15) is 0 Å². The number of ether oxygens (including phenoxy) is 1. The van der Waals surface area contributed by atoms with Gasteiger partial charge in [0.25, 0.3) is 0 Å². The first-order valence-electron chi connectivity index (χ1n) is 6.64. The molecule has 2 heteroatoms. The van der Waals surface area contributed by atoms with Gasteiger partial charge in [0.2, 0.25) is 0 Å². The lowest BCUT2D eigenvalue weighted by Gasteiger charge is -2.24. The fraction of sp³-hybridized carbons (Fsp3) is 0.500. The minimum absolute atomic E-state index is 0.584. The first-order chi connectivity index (χ1) is 8.75. The van der Waals surface area contributed by atoms with Crippen LogP contribution in [0.5, 0.6) is 0 Å². The SMILES string of the molecule is CC(C)c1ccc(C#CCN2CCOCC2)cc1. The van der Waals surface area contributed by atoms with E-state index >= 15 is 0 Å². The van der Waals surface area contributed by atoms with Crippen LogP contribution in [0.25, 0.3) is 0 Å².